The molecule has 9 nitrogen and oxygen atoms in total. The normalized spacial score (nSPS) is 41.0. The van der Waals surface area contributed by atoms with E-state index in [-0.39, 0.29) is 12.2 Å². The van der Waals surface area contributed by atoms with Crippen LogP contribution in [0, 0.1) is 5.92 Å². The fourth-order valence-electron chi connectivity index (χ4n) is 2.98. The predicted octanol–water partition coefficient (Wildman–Crippen LogP) is -1.67. The Morgan fingerprint density at radius 1 is 1.24 bits per heavy atom. The number of hydrogen-bond donors (Lipinski definition) is 4. The molecule has 9 heteroatoms. The first-order valence-corrected chi connectivity index (χ1v) is 7.79. The summed E-state index contributed by atoms with van der Waals surface area (Å²) < 4.78 is 21.2. The van der Waals surface area contributed by atoms with Crippen LogP contribution in [0.15, 0.2) is 36.1 Å². The Kier molecular flexibility index (Phi) is 5.23. The molecule has 0 amide bonds. The summed E-state index contributed by atoms with van der Waals surface area (Å²) in [5, 5.41) is 38.9. The van der Waals surface area contributed by atoms with Crippen molar-refractivity contribution in [1.29, 1.82) is 0 Å². The topological polar surface area (TPSA) is 135 Å². The van der Waals surface area contributed by atoms with E-state index < -0.39 is 55.5 Å². The van der Waals surface area contributed by atoms with Crippen LogP contribution in [0.5, 0.6) is 0 Å². The van der Waals surface area contributed by atoms with Crippen LogP contribution < -0.4 is 0 Å². The van der Waals surface area contributed by atoms with Gasteiger partial charge in [0.15, 0.2) is 6.29 Å². The molecule has 7 atom stereocenters. The lowest BCUT2D eigenvalue weighted by Crippen LogP contribution is -2.60. The lowest BCUT2D eigenvalue weighted by molar-refractivity contribution is -0.336. The minimum Gasteiger partial charge on any atom is -0.471 e. The number of hydrogen-bond acceptors (Lipinski definition) is 9. The van der Waals surface area contributed by atoms with Gasteiger partial charge in [-0.15, -0.1) is 6.58 Å². The van der Waals surface area contributed by atoms with E-state index in [1.807, 2.05) is 0 Å². The third-order valence-electron chi connectivity index (χ3n) is 4.39. The molecule has 3 heterocycles. The minimum absolute atomic E-state index is 0.114. The lowest BCUT2D eigenvalue weighted by Gasteiger charge is -2.42. The number of cyclic esters (lactones) is 1. The molecule has 1 saturated heterocycles. The van der Waals surface area contributed by atoms with Gasteiger partial charge in [-0.1, -0.05) is 6.08 Å². The quantitative estimate of drug-likeness (QED) is 0.344. The summed E-state index contributed by atoms with van der Waals surface area (Å²) in [5.74, 6) is -1.06. The maximum absolute atomic E-state index is 11.8. The molecule has 0 radical (unpaired) electrons. The smallest absolute Gasteiger partial charge is 0.341 e. The van der Waals surface area contributed by atoms with E-state index in [2.05, 4.69) is 6.58 Å². The van der Waals surface area contributed by atoms with E-state index in [9.17, 15) is 25.2 Å². The summed E-state index contributed by atoms with van der Waals surface area (Å²) in [4.78, 5) is 11.8. The zero-order valence-corrected chi connectivity index (χ0v) is 13.2. The highest BCUT2D eigenvalue weighted by molar-refractivity contribution is 5.94. The number of esters is 1. The van der Waals surface area contributed by atoms with Crippen LogP contribution in [-0.2, 0) is 23.7 Å². The highest BCUT2D eigenvalue weighted by atomic mass is 16.8. The van der Waals surface area contributed by atoms with Crippen molar-refractivity contribution in [3.63, 3.8) is 0 Å². The average molecular weight is 356 g/mol. The van der Waals surface area contributed by atoms with Crippen LogP contribution in [0.3, 0.4) is 0 Å². The Morgan fingerprint density at radius 2 is 2.00 bits per heavy atom. The van der Waals surface area contributed by atoms with Gasteiger partial charge in [-0.2, -0.15) is 0 Å². The standard InChI is InChI=1S/C16H20O9/c1-2-7-8-3-4-22-14(21)9(8)6-23-15(7)25-16-13(20)12(19)11(18)10(5-17)24-16/h2-3,6-7,10-13,15-20H,1,4-5H2/t7-,10-,11-,12+,13+,15+,16+/m1/s1. The van der Waals surface area contributed by atoms with Crippen molar-refractivity contribution in [3.05, 3.63) is 36.1 Å². The van der Waals surface area contributed by atoms with Gasteiger partial charge in [0.05, 0.1) is 18.1 Å². The van der Waals surface area contributed by atoms with Crippen molar-refractivity contribution in [3.8, 4) is 0 Å². The maximum atomic E-state index is 11.8. The van der Waals surface area contributed by atoms with E-state index in [0.717, 1.165) is 0 Å². The Labute approximate surface area is 143 Å². The molecule has 0 aliphatic carbocycles. The number of fused-ring (bicyclic) bond motifs is 1. The van der Waals surface area contributed by atoms with Crippen molar-refractivity contribution in [2.45, 2.75) is 37.0 Å². The molecular formula is C16H20O9. The summed E-state index contributed by atoms with van der Waals surface area (Å²) in [7, 11) is 0. The zero-order valence-electron chi connectivity index (χ0n) is 13.2. The second-order valence-electron chi connectivity index (χ2n) is 5.89. The number of rotatable bonds is 4. The van der Waals surface area contributed by atoms with Gasteiger partial charge in [0, 0.05) is 0 Å². The van der Waals surface area contributed by atoms with Gasteiger partial charge < -0.3 is 39.4 Å². The summed E-state index contributed by atoms with van der Waals surface area (Å²) in [6.07, 6.45) is -3.61. The molecule has 0 bridgehead atoms. The van der Waals surface area contributed by atoms with Crippen LogP contribution in [0.1, 0.15) is 0 Å². The fraction of sp³-hybridized carbons (Fsp3) is 0.562. The average Bonchev–Trinajstić information content (AvgIpc) is 2.62. The Morgan fingerprint density at radius 3 is 2.68 bits per heavy atom. The van der Waals surface area contributed by atoms with Crippen LogP contribution in [0.4, 0.5) is 0 Å². The number of aliphatic hydroxyl groups excluding tert-OH is 4. The Balaban J connectivity index is 1.78. The van der Waals surface area contributed by atoms with Gasteiger partial charge in [-0.3, -0.25) is 0 Å². The molecule has 4 N–H and O–H groups in total. The molecule has 0 spiro atoms. The molecule has 0 saturated carbocycles. The van der Waals surface area contributed by atoms with Crippen molar-refractivity contribution < 1.29 is 44.2 Å². The van der Waals surface area contributed by atoms with Crippen molar-refractivity contribution in [2.75, 3.05) is 13.2 Å². The van der Waals surface area contributed by atoms with Crippen molar-refractivity contribution >= 4 is 5.97 Å². The Bertz CT molecular complexity index is 596. The second-order valence-corrected chi connectivity index (χ2v) is 5.89. The van der Waals surface area contributed by atoms with Gasteiger partial charge in [0.2, 0.25) is 6.29 Å². The molecule has 0 unspecified atom stereocenters. The van der Waals surface area contributed by atoms with Crippen molar-refractivity contribution in [2.24, 2.45) is 5.92 Å². The van der Waals surface area contributed by atoms with Crippen molar-refractivity contribution in [1.82, 2.24) is 0 Å². The van der Waals surface area contributed by atoms with Crippen LogP contribution >= 0.6 is 0 Å². The first-order valence-electron chi connectivity index (χ1n) is 7.79. The third kappa shape index (κ3) is 3.22. The summed E-state index contributed by atoms with van der Waals surface area (Å²) in [6, 6.07) is 0. The highest BCUT2D eigenvalue weighted by Gasteiger charge is 2.46. The molecule has 138 valence electrons. The van der Waals surface area contributed by atoms with E-state index in [1.54, 1.807) is 6.08 Å². The van der Waals surface area contributed by atoms with E-state index in [4.69, 9.17) is 18.9 Å². The van der Waals surface area contributed by atoms with E-state index in [1.165, 1.54) is 12.3 Å². The van der Waals surface area contributed by atoms with Crippen LogP contribution in [0.25, 0.3) is 0 Å². The molecule has 0 aromatic carbocycles. The highest BCUT2D eigenvalue weighted by Crippen LogP contribution is 2.35. The first-order chi connectivity index (χ1) is 12.0. The van der Waals surface area contributed by atoms with Gasteiger partial charge in [-0.25, -0.2) is 4.79 Å². The molecule has 3 aliphatic heterocycles. The number of carbonyl (C=O) groups is 1. The molecule has 3 rings (SSSR count). The fourth-order valence-corrected chi connectivity index (χ4v) is 2.98. The predicted molar refractivity (Wildman–Crippen MR) is 80.5 cm³/mol. The second kappa shape index (κ2) is 7.24. The largest absolute Gasteiger partial charge is 0.471 e. The van der Waals surface area contributed by atoms with Gasteiger partial charge in [0.25, 0.3) is 0 Å². The number of carbonyl (C=O) groups excluding carboxylic acids is 1. The SMILES string of the molecule is C=C[C@@H]1C2=CCOC(=O)C2=CO[C@H]1O[C@@H]1O[C@H](CO)[C@@H](O)[C@H](O)[C@@H]1O. The van der Waals surface area contributed by atoms with Crippen LogP contribution in [-0.4, -0.2) is 76.6 Å². The van der Waals surface area contributed by atoms with Gasteiger partial charge in [-0.05, 0) is 11.6 Å². The summed E-state index contributed by atoms with van der Waals surface area (Å²) in [6.45, 7) is 3.25. The summed E-state index contributed by atoms with van der Waals surface area (Å²) in [5.41, 5.74) is 0.872. The first kappa shape index (κ1) is 18.1. The molecule has 1 fully saturated rings. The molecule has 0 aromatic rings. The third-order valence-corrected chi connectivity index (χ3v) is 4.39. The van der Waals surface area contributed by atoms with Gasteiger partial charge in [0.1, 0.15) is 37.3 Å². The van der Waals surface area contributed by atoms with Gasteiger partial charge >= 0.3 is 5.97 Å². The molecular weight excluding hydrogens is 336 g/mol. The number of aliphatic hydroxyl groups is 4. The minimum atomic E-state index is -1.56. The van der Waals surface area contributed by atoms with E-state index >= 15 is 0 Å². The molecule has 25 heavy (non-hydrogen) atoms. The lowest BCUT2D eigenvalue weighted by atomic mass is 9.89. The zero-order chi connectivity index (χ0) is 18.1. The summed E-state index contributed by atoms with van der Waals surface area (Å²) >= 11 is 0. The number of ether oxygens (including phenoxy) is 4. The monoisotopic (exact) mass is 356 g/mol. The molecule has 3 aliphatic rings. The van der Waals surface area contributed by atoms with E-state index in [0.29, 0.717) is 5.57 Å². The van der Waals surface area contributed by atoms with Crippen LogP contribution in [0.2, 0.25) is 0 Å². The molecule has 0 aromatic heterocycles. The maximum Gasteiger partial charge on any atom is 0.341 e. The Hall–Kier alpha value is -1.75.